The number of fused-ring (bicyclic) bond motifs is 2. The smallest absolute Gasteiger partial charge is 0.258 e. The summed E-state index contributed by atoms with van der Waals surface area (Å²) in [4.78, 5) is 19.0. The first-order valence-electron chi connectivity index (χ1n) is 10.6. The number of aliphatic hydroxyl groups excluding tert-OH is 1. The molecule has 30 heavy (non-hydrogen) atoms. The zero-order valence-electron chi connectivity index (χ0n) is 17.1. The van der Waals surface area contributed by atoms with Gasteiger partial charge in [-0.3, -0.25) is 4.79 Å². The van der Waals surface area contributed by atoms with Gasteiger partial charge in [-0.25, -0.2) is 0 Å². The first-order chi connectivity index (χ1) is 14.6. The summed E-state index contributed by atoms with van der Waals surface area (Å²) in [5, 5.41) is 13.5. The molecule has 0 radical (unpaired) electrons. The predicted molar refractivity (Wildman–Crippen MR) is 113 cm³/mol. The molecule has 2 heterocycles. The fourth-order valence-electron chi connectivity index (χ4n) is 5.02. The molecule has 1 atom stereocenters. The summed E-state index contributed by atoms with van der Waals surface area (Å²) in [7, 11) is 0. The Morgan fingerprint density at radius 2 is 2.10 bits per heavy atom. The van der Waals surface area contributed by atoms with Gasteiger partial charge in [-0.2, -0.15) is 4.98 Å². The van der Waals surface area contributed by atoms with Crippen molar-refractivity contribution in [3.63, 3.8) is 0 Å². The Morgan fingerprint density at radius 3 is 2.93 bits per heavy atom. The summed E-state index contributed by atoms with van der Waals surface area (Å²) in [5.74, 6) is 1.24. The Hall–Kier alpha value is -2.99. The number of likely N-dealkylation sites (tertiary alicyclic amines) is 1. The van der Waals surface area contributed by atoms with Crippen molar-refractivity contribution in [3.05, 3.63) is 59.2 Å². The minimum Gasteiger partial charge on any atom is -0.395 e. The number of amides is 1. The molecule has 1 amide bonds. The summed E-state index contributed by atoms with van der Waals surface area (Å²) in [6.45, 7) is 3.20. The minimum atomic E-state index is -0.167. The van der Waals surface area contributed by atoms with Gasteiger partial charge in [-0.1, -0.05) is 42.4 Å². The van der Waals surface area contributed by atoms with E-state index < -0.39 is 0 Å². The van der Waals surface area contributed by atoms with Crippen LogP contribution in [0.1, 0.15) is 36.5 Å². The Morgan fingerprint density at radius 1 is 1.23 bits per heavy atom. The van der Waals surface area contributed by atoms with Crippen molar-refractivity contribution in [2.45, 2.75) is 38.0 Å². The number of aryl methyl sites for hydroxylation is 1. The number of hydrogen-bond acceptors (Lipinski definition) is 5. The van der Waals surface area contributed by atoms with Crippen molar-refractivity contribution in [2.75, 3.05) is 19.7 Å². The topological polar surface area (TPSA) is 79.5 Å². The number of benzene rings is 2. The minimum absolute atomic E-state index is 0.000412. The third-order valence-corrected chi connectivity index (χ3v) is 6.56. The predicted octanol–water partition coefficient (Wildman–Crippen LogP) is 3.37. The summed E-state index contributed by atoms with van der Waals surface area (Å²) in [6, 6.07) is 14.4. The quantitative estimate of drug-likeness (QED) is 0.707. The second kappa shape index (κ2) is 7.36. The largest absolute Gasteiger partial charge is 0.395 e. The fraction of sp³-hybridized carbons (Fsp3) is 0.375. The monoisotopic (exact) mass is 403 g/mol. The van der Waals surface area contributed by atoms with Gasteiger partial charge in [0.2, 0.25) is 11.7 Å². The number of rotatable bonds is 5. The lowest BCUT2D eigenvalue weighted by atomic mass is 9.80. The Balaban J connectivity index is 1.49. The third kappa shape index (κ3) is 3.03. The summed E-state index contributed by atoms with van der Waals surface area (Å²) < 4.78 is 5.60. The molecule has 1 aliphatic carbocycles. The molecule has 0 saturated carbocycles. The third-order valence-electron chi connectivity index (χ3n) is 6.56. The van der Waals surface area contributed by atoms with Gasteiger partial charge < -0.3 is 14.5 Å². The molecule has 2 aliphatic rings. The molecular formula is C24H25N3O3. The van der Waals surface area contributed by atoms with E-state index in [0.29, 0.717) is 31.2 Å². The lowest BCUT2D eigenvalue weighted by Gasteiger charge is -2.24. The summed E-state index contributed by atoms with van der Waals surface area (Å²) in [5.41, 5.74) is 5.41. The van der Waals surface area contributed by atoms with Crippen molar-refractivity contribution in [2.24, 2.45) is 0 Å². The van der Waals surface area contributed by atoms with E-state index in [9.17, 15) is 9.90 Å². The number of carbonyl (C=O) groups is 1. The molecule has 1 saturated heterocycles. The molecule has 6 nitrogen and oxygen atoms in total. The Labute approximate surface area is 175 Å². The summed E-state index contributed by atoms with van der Waals surface area (Å²) in [6.07, 6.45) is 3.27. The maximum Gasteiger partial charge on any atom is 0.258 e. The maximum absolute atomic E-state index is 12.5. The molecule has 0 unspecified atom stereocenters. The molecule has 1 N–H and O–H groups in total. The molecule has 2 aromatic carbocycles. The van der Waals surface area contributed by atoms with Gasteiger partial charge in [0, 0.05) is 36.1 Å². The molecule has 0 bridgehead atoms. The van der Waals surface area contributed by atoms with Crippen LogP contribution in [0.25, 0.3) is 22.8 Å². The number of aromatic nitrogens is 2. The van der Waals surface area contributed by atoms with Crippen molar-refractivity contribution in [1.29, 1.82) is 0 Å². The highest BCUT2D eigenvalue weighted by Gasteiger charge is 2.48. The molecule has 3 aromatic rings. The zero-order valence-corrected chi connectivity index (χ0v) is 17.1. The number of β-amino-alcohol motifs (C(OH)–C–C–N with tert-alkyl or cyclic N) is 1. The number of hydrogen-bond donors (Lipinski definition) is 1. The first kappa shape index (κ1) is 19.0. The highest BCUT2D eigenvalue weighted by molar-refractivity contribution is 5.82. The van der Waals surface area contributed by atoms with Gasteiger partial charge in [0.1, 0.15) is 0 Å². The molecule has 1 aromatic heterocycles. The van der Waals surface area contributed by atoms with Crippen LogP contribution in [0.15, 0.2) is 47.0 Å². The van der Waals surface area contributed by atoms with Gasteiger partial charge in [-0.05, 0) is 48.1 Å². The van der Waals surface area contributed by atoms with E-state index in [1.165, 1.54) is 16.7 Å². The van der Waals surface area contributed by atoms with E-state index in [4.69, 9.17) is 4.52 Å². The lowest BCUT2D eigenvalue weighted by molar-refractivity contribution is -0.128. The SMILES string of the molecule is CCc1cccc(-c2nc(-c3cccc4c3CC[C@@]43CC(=O)N(CCO)C3)no2)c1. The van der Waals surface area contributed by atoms with E-state index in [-0.39, 0.29) is 17.9 Å². The average molecular weight is 403 g/mol. The van der Waals surface area contributed by atoms with Crippen molar-refractivity contribution in [1.82, 2.24) is 15.0 Å². The van der Waals surface area contributed by atoms with E-state index in [1.807, 2.05) is 24.3 Å². The number of nitrogens with zero attached hydrogens (tertiary/aromatic N) is 3. The normalized spacial score (nSPS) is 20.3. The molecular weight excluding hydrogens is 378 g/mol. The van der Waals surface area contributed by atoms with E-state index in [2.05, 4.69) is 35.3 Å². The van der Waals surface area contributed by atoms with Crippen LogP contribution in [-0.4, -0.2) is 45.8 Å². The van der Waals surface area contributed by atoms with Crippen LogP contribution >= 0.6 is 0 Å². The summed E-state index contributed by atoms with van der Waals surface area (Å²) >= 11 is 0. The molecule has 1 aliphatic heterocycles. The zero-order chi connectivity index (χ0) is 20.7. The maximum atomic E-state index is 12.5. The molecule has 5 rings (SSSR count). The van der Waals surface area contributed by atoms with Crippen LogP contribution in [0.2, 0.25) is 0 Å². The first-order valence-corrected chi connectivity index (χ1v) is 10.6. The van der Waals surface area contributed by atoms with Gasteiger partial charge in [0.05, 0.1) is 6.61 Å². The van der Waals surface area contributed by atoms with Crippen molar-refractivity contribution < 1.29 is 14.4 Å². The van der Waals surface area contributed by atoms with E-state index >= 15 is 0 Å². The van der Waals surface area contributed by atoms with Crippen LogP contribution in [0.3, 0.4) is 0 Å². The average Bonchev–Trinajstić information content (AvgIpc) is 3.47. The van der Waals surface area contributed by atoms with Gasteiger partial charge in [0.15, 0.2) is 0 Å². The van der Waals surface area contributed by atoms with Crippen molar-refractivity contribution >= 4 is 5.91 Å². The molecule has 1 spiro atoms. The van der Waals surface area contributed by atoms with Gasteiger partial charge in [-0.15, -0.1) is 0 Å². The van der Waals surface area contributed by atoms with Crippen LogP contribution in [0, 0.1) is 0 Å². The second-order valence-corrected chi connectivity index (χ2v) is 8.30. The molecule has 1 fully saturated rings. The lowest BCUT2D eigenvalue weighted by Crippen LogP contribution is -2.32. The Bertz CT molecular complexity index is 1110. The van der Waals surface area contributed by atoms with E-state index in [0.717, 1.165) is 30.4 Å². The number of carbonyl (C=O) groups excluding carboxylic acids is 1. The highest BCUT2D eigenvalue weighted by atomic mass is 16.5. The fourth-order valence-corrected chi connectivity index (χ4v) is 5.02. The van der Waals surface area contributed by atoms with E-state index in [1.54, 1.807) is 4.90 Å². The molecule has 6 heteroatoms. The van der Waals surface area contributed by atoms with Crippen molar-refractivity contribution in [3.8, 4) is 22.8 Å². The van der Waals surface area contributed by atoms with Crippen LogP contribution in [0.4, 0.5) is 0 Å². The second-order valence-electron chi connectivity index (χ2n) is 8.30. The van der Waals surface area contributed by atoms with Gasteiger partial charge in [0.25, 0.3) is 5.89 Å². The van der Waals surface area contributed by atoms with Gasteiger partial charge >= 0.3 is 0 Å². The Kier molecular flexibility index (Phi) is 4.66. The molecule has 154 valence electrons. The van der Waals surface area contributed by atoms with Crippen LogP contribution in [0.5, 0.6) is 0 Å². The standard InChI is InChI=1S/C24H25N3O3/c1-2-16-5-3-6-17(13-16)23-25-22(26-30-23)19-7-4-8-20-18(19)9-10-24(20)14-21(29)27(15-24)11-12-28/h3-8,13,28H,2,9-12,14-15H2,1H3/t24-/m0/s1. The van der Waals surface area contributed by atoms with Crippen LogP contribution in [-0.2, 0) is 23.1 Å². The highest BCUT2D eigenvalue weighted by Crippen LogP contribution is 2.48. The number of aliphatic hydroxyl groups is 1. The van der Waals surface area contributed by atoms with Crippen LogP contribution < -0.4 is 0 Å².